The number of likely N-dealkylation sites (tertiary alicyclic amines) is 1. The molecule has 0 saturated carbocycles. The molecule has 122 valence electrons. The zero-order valence-electron chi connectivity index (χ0n) is 13.9. The summed E-state index contributed by atoms with van der Waals surface area (Å²) in [6, 6.07) is 0.307. The van der Waals surface area contributed by atoms with Gasteiger partial charge in [-0.25, -0.2) is 4.79 Å². The number of piperidine rings is 1. The Morgan fingerprint density at radius 1 is 1.29 bits per heavy atom. The molecule has 0 bridgehead atoms. The average molecular weight is 298 g/mol. The van der Waals surface area contributed by atoms with Crippen LogP contribution >= 0.6 is 0 Å². The number of aliphatic carboxylic acids is 1. The Morgan fingerprint density at radius 2 is 1.86 bits per heavy atom. The van der Waals surface area contributed by atoms with Gasteiger partial charge in [-0.1, -0.05) is 20.3 Å². The SMILES string of the molecule is CCCCN(C(=O)N1CCC(C)(C(=O)O)CC1)C(C)CC. The first-order valence-electron chi connectivity index (χ1n) is 8.14. The second-order valence-electron chi connectivity index (χ2n) is 6.44. The van der Waals surface area contributed by atoms with Gasteiger partial charge in [-0.15, -0.1) is 0 Å². The lowest BCUT2D eigenvalue weighted by Crippen LogP contribution is -2.52. The van der Waals surface area contributed by atoms with E-state index < -0.39 is 11.4 Å². The molecule has 0 aromatic rings. The summed E-state index contributed by atoms with van der Waals surface area (Å²) in [6.45, 7) is 9.95. The Kier molecular flexibility index (Phi) is 6.49. The highest BCUT2D eigenvalue weighted by molar-refractivity contribution is 5.77. The first-order valence-corrected chi connectivity index (χ1v) is 8.14. The molecule has 1 atom stereocenters. The van der Waals surface area contributed by atoms with E-state index in [4.69, 9.17) is 0 Å². The molecule has 1 heterocycles. The number of hydrogen-bond donors (Lipinski definition) is 1. The van der Waals surface area contributed by atoms with Crippen LogP contribution in [0.4, 0.5) is 4.79 Å². The maximum absolute atomic E-state index is 12.7. The van der Waals surface area contributed by atoms with E-state index in [9.17, 15) is 14.7 Å². The Labute approximate surface area is 128 Å². The number of carbonyl (C=O) groups is 2. The summed E-state index contributed by atoms with van der Waals surface area (Å²) < 4.78 is 0. The molecule has 1 aliphatic heterocycles. The minimum Gasteiger partial charge on any atom is -0.481 e. The highest BCUT2D eigenvalue weighted by Gasteiger charge is 2.39. The largest absolute Gasteiger partial charge is 0.481 e. The quantitative estimate of drug-likeness (QED) is 0.819. The molecular formula is C16H30N2O3. The van der Waals surface area contributed by atoms with Gasteiger partial charge in [0.1, 0.15) is 0 Å². The van der Waals surface area contributed by atoms with Crippen molar-refractivity contribution >= 4 is 12.0 Å². The van der Waals surface area contributed by atoms with Crippen molar-refractivity contribution in [1.82, 2.24) is 9.80 Å². The molecule has 1 rings (SSSR count). The minimum atomic E-state index is -0.751. The molecule has 5 heteroatoms. The summed E-state index contributed by atoms with van der Waals surface area (Å²) >= 11 is 0. The number of unbranched alkanes of at least 4 members (excludes halogenated alkanes) is 1. The van der Waals surface area contributed by atoms with E-state index in [-0.39, 0.29) is 12.1 Å². The van der Waals surface area contributed by atoms with Crippen LogP contribution in [0.1, 0.15) is 59.8 Å². The van der Waals surface area contributed by atoms with Crippen molar-refractivity contribution in [2.75, 3.05) is 19.6 Å². The molecule has 0 spiro atoms. The lowest BCUT2D eigenvalue weighted by atomic mass is 9.80. The fourth-order valence-electron chi connectivity index (χ4n) is 2.64. The van der Waals surface area contributed by atoms with Crippen molar-refractivity contribution < 1.29 is 14.7 Å². The molecule has 1 N–H and O–H groups in total. The standard InChI is InChI=1S/C16H30N2O3/c1-5-7-10-18(13(3)6-2)15(21)17-11-8-16(4,9-12-17)14(19)20/h13H,5-12H2,1-4H3,(H,19,20). The number of urea groups is 1. The molecule has 0 aromatic heterocycles. The van der Waals surface area contributed by atoms with Crippen LogP contribution in [0, 0.1) is 5.41 Å². The third kappa shape index (κ3) is 4.35. The molecule has 1 fully saturated rings. The summed E-state index contributed by atoms with van der Waals surface area (Å²) in [6.07, 6.45) is 4.09. The number of carboxylic acid groups (broad SMARTS) is 1. The normalized spacial score (nSPS) is 19.1. The number of hydrogen-bond acceptors (Lipinski definition) is 2. The predicted molar refractivity (Wildman–Crippen MR) is 83.3 cm³/mol. The Hall–Kier alpha value is -1.26. The summed E-state index contributed by atoms with van der Waals surface area (Å²) in [5.41, 5.74) is -0.679. The lowest BCUT2D eigenvalue weighted by Gasteiger charge is -2.40. The molecule has 5 nitrogen and oxygen atoms in total. The zero-order valence-corrected chi connectivity index (χ0v) is 13.9. The number of carbonyl (C=O) groups excluding carboxylic acids is 1. The molecule has 1 unspecified atom stereocenters. The van der Waals surface area contributed by atoms with Crippen molar-refractivity contribution in [3.63, 3.8) is 0 Å². The lowest BCUT2D eigenvalue weighted by molar-refractivity contribution is -0.150. The van der Waals surface area contributed by atoms with Crippen LogP contribution in [-0.2, 0) is 4.79 Å². The van der Waals surface area contributed by atoms with Crippen LogP contribution in [-0.4, -0.2) is 52.6 Å². The topological polar surface area (TPSA) is 60.9 Å². The molecule has 0 aliphatic carbocycles. The summed E-state index contributed by atoms with van der Waals surface area (Å²) in [4.78, 5) is 27.7. The second-order valence-corrected chi connectivity index (χ2v) is 6.44. The van der Waals surface area contributed by atoms with Crippen molar-refractivity contribution in [1.29, 1.82) is 0 Å². The van der Waals surface area contributed by atoms with E-state index in [0.717, 1.165) is 25.8 Å². The summed E-state index contributed by atoms with van der Waals surface area (Å²) in [5, 5.41) is 9.26. The molecule has 1 saturated heterocycles. The molecule has 0 radical (unpaired) electrons. The van der Waals surface area contributed by atoms with Gasteiger partial charge in [0, 0.05) is 25.7 Å². The molecule has 1 aliphatic rings. The fourth-order valence-corrected chi connectivity index (χ4v) is 2.64. The van der Waals surface area contributed by atoms with E-state index in [0.29, 0.717) is 25.9 Å². The van der Waals surface area contributed by atoms with E-state index in [1.54, 1.807) is 6.92 Å². The number of carboxylic acids is 1. The Morgan fingerprint density at radius 3 is 2.29 bits per heavy atom. The average Bonchev–Trinajstić information content (AvgIpc) is 2.47. The minimum absolute atomic E-state index is 0.0743. The van der Waals surface area contributed by atoms with Crippen molar-refractivity contribution in [2.24, 2.45) is 5.41 Å². The molecule has 21 heavy (non-hydrogen) atoms. The maximum atomic E-state index is 12.7. The number of amides is 2. The third-order valence-corrected chi connectivity index (χ3v) is 4.77. The van der Waals surface area contributed by atoms with E-state index in [2.05, 4.69) is 20.8 Å². The van der Waals surface area contributed by atoms with Gasteiger partial charge in [0.2, 0.25) is 0 Å². The van der Waals surface area contributed by atoms with Gasteiger partial charge in [0.25, 0.3) is 0 Å². The van der Waals surface area contributed by atoms with E-state index in [1.165, 1.54) is 0 Å². The second kappa shape index (κ2) is 7.66. The summed E-state index contributed by atoms with van der Waals surface area (Å²) in [7, 11) is 0. The predicted octanol–water partition coefficient (Wildman–Crippen LogP) is 3.19. The van der Waals surface area contributed by atoms with Crippen LogP contribution in [0.25, 0.3) is 0 Å². The van der Waals surface area contributed by atoms with Gasteiger partial charge >= 0.3 is 12.0 Å². The third-order valence-electron chi connectivity index (χ3n) is 4.77. The monoisotopic (exact) mass is 298 g/mol. The van der Waals surface area contributed by atoms with Gasteiger partial charge in [0.05, 0.1) is 5.41 Å². The van der Waals surface area contributed by atoms with Gasteiger partial charge in [-0.05, 0) is 39.5 Å². The smallest absolute Gasteiger partial charge is 0.320 e. The van der Waals surface area contributed by atoms with Crippen LogP contribution in [0.3, 0.4) is 0 Å². The highest BCUT2D eigenvalue weighted by atomic mass is 16.4. The number of rotatable bonds is 6. The van der Waals surface area contributed by atoms with E-state index >= 15 is 0 Å². The first kappa shape index (κ1) is 17.8. The molecular weight excluding hydrogens is 268 g/mol. The van der Waals surface area contributed by atoms with Crippen molar-refractivity contribution in [3.8, 4) is 0 Å². The molecule has 2 amide bonds. The van der Waals surface area contributed by atoms with Gasteiger partial charge in [0.15, 0.2) is 0 Å². The van der Waals surface area contributed by atoms with Crippen molar-refractivity contribution in [2.45, 2.75) is 65.8 Å². The first-order chi connectivity index (χ1) is 9.85. The van der Waals surface area contributed by atoms with Gasteiger partial charge in [-0.3, -0.25) is 4.79 Å². The fraction of sp³-hybridized carbons (Fsp3) is 0.875. The molecule has 0 aromatic carbocycles. The van der Waals surface area contributed by atoms with E-state index in [1.807, 2.05) is 9.80 Å². The Bertz CT molecular complexity index is 363. The maximum Gasteiger partial charge on any atom is 0.320 e. The van der Waals surface area contributed by atoms with Gasteiger partial charge < -0.3 is 14.9 Å². The highest BCUT2D eigenvalue weighted by Crippen LogP contribution is 2.31. The Balaban J connectivity index is 2.67. The van der Waals surface area contributed by atoms with Crippen LogP contribution in [0.5, 0.6) is 0 Å². The van der Waals surface area contributed by atoms with Crippen LogP contribution < -0.4 is 0 Å². The zero-order chi connectivity index (χ0) is 16.0. The van der Waals surface area contributed by atoms with Crippen LogP contribution in [0.15, 0.2) is 0 Å². The summed E-state index contributed by atoms with van der Waals surface area (Å²) in [5.74, 6) is -0.751. The van der Waals surface area contributed by atoms with Crippen molar-refractivity contribution in [3.05, 3.63) is 0 Å². The van der Waals surface area contributed by atoms with Crippen LogP contribution in [0.2, 0.25) is 0 Å². The number of nitrogens with zero attached hydrogens (tertiary/aromatic N) is 2. The van der Waals surface area contributed by atoms with Gasteiger partial charge in [-0.2, -0.15) is 0 Å².